The van der Waals surface area contributed by atoms with Crippen molar-refractivity contribution in [1.29, 1.82) is 0 Å². The molecule has 126 valence electrons. The molecular formula is C15H22N4O4. The number of hydrogen-bond acceptors (Lipinski definition) is 5. The number of ether oxygens (including phenoxy) is 1. The van der Waals surface area contributed by atoms with Crippen molar-refractivity contribution in [3.63, 3.8) is 0 Å². The number of amides is 2. The number of nitrogens with one attached hydrogen (secondary N) is 2. The van der Waals surface area contributed by atoms with E-state index in [1.807, 2.05) is 0 Å². The van der Waals surface area contributed by atoms with E-state index in [-0.39, 0.29) is 11.7 Å². The van der Waals surface area contributed by atoms with Crippen molar-refractivity contribution in [3.05, 3.63) is 34.4 Å². The van der Waals surface area contributed by atoms with E-state index in [4.69, 9.17) is 4.74 Å². The van der Waals surface area contributed by atoms with Crippen LogP contribution in [0.4, 0.5) is 16.2 Å². The summed E-state index contributed by atoms with van der Waals surface area (Å²) in [6, 6.07) is 5.82. The SMILES string of the molecule is COCCN1CCC[C@@H]1CNC(=O)Nc1cccc([N+](=O)[O-])c1. The molecule has 1 heterocycles. The molecule has 0 spiro atoms. The smallest absolute Gasteiger partial charge is 0.319 e. The monoisotopic (exact) mass is 322 g/mol. The van der Waals surface area contributed by atoms with Crippen molar-refractivity contribution in [1.82, 2.24) is 10.2 Å². The Morgan fingerprint density at radius 1 is 1.52 bits per heavy atom. The number of likely N-dealkylation sites (tertiary alicyclic amines) is 1. The Bertz CT molecular complexity index is 552. The van der Waals surface area contributed by atoms with E-state index < -0.39 is 4.92 Å². The van der Waals surface area contributed by atoms with Crippen molar-refractivity contribution in [3.8, 4) is 0 Å². The van der Waals surface area contributed by atoms with Crippen molar-refractivity contribution in [2.45, 2.75) is 18.9 Å². The molecule has 1 fully saturated rings. The summed E-state index contributed by atoms with van der Waals surface area (Å²) >= 11 is 0. The summed E-state index contributed by atoms with van der Waals surface area (Å²) in [4.78, 5) is 24.5. The van der Waals surface area contributed by atoms with Gasteiger partial charge in [-0.15, -0.1) is 0 Å². The molecule has 8 heteroatoms. The van der Waals surface area contributed by atoms with Crippen molar-refractivity contribution in [2.24, 2.45) is 0 Å². The summed E-state index contributed by atoms with van der Waals surface area (Å²) in [5.74, 6) is 0. The molecule has 23 heavy (non-hydrogen) atoms. The number of rotatable bonds is 7. The number of carbonyl (C=O) groups excluding carboxylic acids is 1. The number of anilines is 1. The molecule has 2 N–H and O–H groups in total. The molecule has 1 saturated heterocycles. The molecule has 2 amide bonds. The minimum atomic E-state index is -0.491. The highest BCUT2D eigenvalue weighted by atomic mass is 16.6. The van der Waals surface area contributed by atoms with Crippen LogP contribution in [0.25, 0.3) is 0 Å². The van der Waals surface area contributed by atoms with Crippen LogP contribution in [0.2, 0.25) is 0 Å². The quantitative estimate of drug-likeness (QED) is 0.589. The molecular weight excluding hydrogens is 300 g/mol. The van der Waals surface area contributed by atoms with Gasteiger partial charge < -0.3 is 15.4 Å². The highest BCUT2D eigenvalue weighted by Crippen LogP contribution is 2.18. The molecule has 0 aromatic heterocycles. The maximum Gasteiger partial charge on any atom is 0.319 e. The van der Waals surface area contributed by atoms with Gasteiger partial charge in [-0.1, -0.05) is 6.07 Å². The minimum absolute atomic E-state index is 0.0515. The molecule has 0 saturated carbocycles. The first-order valence-electron chi connectivity index (χ1n) is 7.62. The number of non-ortho nitro benzene ring substituents is 1. The van der Waals surface area contributed by atoms with Gasteiger partial charge in [0.2, 0.25) is 0 Å². The zero-order valence-corrected chi connectivity index (χ0v) is 13.2. The summed E-state index contributed by atoms with van der Waals surface area (Å²) in [6.07, 6.45) is 2.16. The van der Waals surface area contributed by atoms with Gasteiger partial charge in [0.1, 0.15) is 0 Å². The molecule has 1 aliphatic heterocycles. The molecule has 0 unspecified atom stereocenters. The Morgan fingerprint density at radius 2 is 2.35 bits per heavy atom. The lowest BCUT2D eigenvalue weighted by Gasteiger charge is -2.24. The second-order valence-electron chi connectivity index (χ2n) is 5.47. The number of carbonyl (C=O) groups is 1. The Morgan fingerprint density at radius 3 is 3.09 bits per heavy atom. The van der Waals surface area contributed by atoms with Crippen molar-refractivity contribution >= 4 is 17.4 Å². The van der Waals surface area contributed by atoms with Gasteiger partial charge in [0.15, 0.2) is 0 Å². The van der Waals surface area contributed by atoms with Crippen LogP contribution in [-0.2, 0) is 4.74 Å². The summed E-state index contributed by atoms with van der Waals surface area (Å²) in [5.41, 5.74) is 0.351. The van der Waals surface area contributed by atoms with Crippen LogP contribution < -0.4 is 10.6 Å². The molecule has 1 aliphatic rings. The third-order valence-electron chi connectivity index (χ3n) is 3.89. The van der Waals surface area contributed by atoms with Gasteiger partial charge >= 0.3 is 6.03 Å². The van der Waals surface area contributed by atoms with Gasteiger partial charge in [-0.3, -0.25) is 15.0 Å². The molecule has 1 atom stereocenters. The summed E-state index contributed by atoms with van der Waals surface area (Å²) < 4.78 is 5.09. The van der Waals surface area contributed by atoms with Crippen LogP contribution in [-0.4, -0.2) is 55.2 Å². The number of nitro groups is 1. The van der Waals surface area contributed by atoms with Gasteiger partial charge in [0.05, 0.1) is 11.5 Å². The number of urea groups is 1. The first kappa shape index (κ1) is 17.2. The average molecular weight is 322 g/mol. The topological polar surface area (TPSA) is 96.7 Å². The highest BCUT2D eigenvalue weighted by molar-refractivity contribution is 5.89. The first-order valence-corrected chi connectivity index (χ1v) is 7.62. The zero-order valence-electron chi connectivity index (χ0n) is 13.2. The van der Waals surface area contributed by atoms with Crippen LogP contribution in [0.1, 0.15) is 12.8 Å². The van der Waals surface area contributed by atoms with E-state index in [0.717, 1.165) is 25.9 Å². The lowest BCUT2D eigenvalue weighted by molar-refractivity contribution is -0.384. The van der Waals surface area contributed by atoms with E-state index in [0.29, 0.717) is 24.9 Å². The van der Waals surface area contributed by atoms with Gasteiger partial charge in [0, 0.05) is 44.1 Å². The Hall–Kier alpha value is -2.19. The van der Waals surface area contributed by atoms with E-state index >= 15 is 0 Å². The summed E-state index contributed by atoms with van der Waals surface area (Å²) in [7, 11) is 1.68. The maximum atomic E-state index is 11.9. The maximum absolute atomic E-state index is 11.9. The van der Waals surface area contributed by atoms with Gasteiger partial charge in [-0.2, -0.15) is 0 Å². The largest absolute Gasteiger partial charge is 0.383 e. The van der Waals surface area contributed by atoms with E-state index in [1.54, 1.807) is 13.2 Å². The average Bonchev–Trinajstić information content (AvgIpc) is 2.98. The summed E-state index contributed by atoms with van der Waals surface area (Å²) in [5, 5.41) is 16.2. The van der Waals surface area contributed by atoms with Crippen LogP contribution in [0.3, 0.4) is 0 Å². The van der Waals surface area contributed by atoms with Crippen LogP contribution >= 0.6 is 0 Å². The number of nitro benzene ring substituents is 1. The highest BCUT2D eigenvalue weighted by Gasteiger charge is 2.24. The minimum Gasteiger partial charge on any atom is -0.383 e. The van der Waals surface area contributed by atoms with Crippen LogP contribution in [0, 0.1) is 10.1 Å². The first-order chi connectivity index (χ1) is 11.1. The fourth-order valence-electron chi connectivity index (χ4n) is 2.71. The van der Waals surface area contributed by atoms with Crippen LogP contribution in [0.15, 0.2) is 24.3 Å². The third kappa shape index (κ3) is 5.19. The Labute approximate surface area is 134 Å². The second-order valence-corrected chi connectivity index (χ2v) is 5.47. The van der Waals surface area contributed by atoms with Crippen molar-refractivity contribution < 1.29 is 14.5 Å². The fourth-order valence-corrected chi connectivity index (χ4v) is 2.71. The van der Waals surface area contributed by atoms with Gasteiger partial charge in [-0.05, 0) is 25.5 Å². The number of methoxy groups -OCH3 is 1. The third-order valence-corrected chi connectivity index (χ3v) is 3.89. The number of nitrogens with zero attached hydrogens (tertiary/aromatic N) is 2. The van der Waals surface area contributed by atoms with Crippen molar-refractivity contribution in [2.75, 3.05) is 38.7 Å². The molecule has 0 bridgehead atoms. The van der Waals surface area contributed by atoms with Gasteiger partial charge in [-0.25, -0.2) is 4.79 Å². The lowest BCUT2D eigenvalue weighted by Crippen LogP contribution is -2.42. The molecule has 1 aromatic carbocycles. The molecule has 0 aliphatic carbocycles. The lowest BCUT2D eigenvalue weighted by atomic mass is 10.2. The van der Waals surface area contributed by atoms with Crippen LogP contribution in [0.5, 0.6) is 0 Å². The van der Waals surface area contributed by atoms with E-state index in [2.05, 4.69) is 15.5 Å². The van der Waals surface area contributed by atoms with E-state index in [1.165, 1.54) is 18.2 Å². The predicted octanol–water partition coefficient (Wildman–Crippen LogP) is 1.83. The molecule has 2 rings (SSSR count). The molecule has 1 aromatic rings. The predicted molar refractivity (Wildman–Crippen MR) is 86.6 cm³/mol. The standard InChI is InChI=1S/C15H22N4O4/c1-23-9-8-18-7-3-6-14(18)11-16-15(20)17-12-4-2-5-13(10-12)19(21)22/h2,4-5,10,14H,3,6-9,11H2,1H3,(H2,16,17,20)/t14-/m1/s1. The number of hydrogen-bond donors (Lipinski definition) is 2. The fraction of sp³-hybridized carbons (Fsp3) is 0.533. The van der Waals surface area contributed by atoms with E-state index in [9.17, 15) is 14.9 Å². The molecule has 8 nitrogen and oxygen atoms in total. The summed E-state index contributed by atoms with van der Waals surface area (Å²) in [6.45, 7) is 3.10. The second kappa shape index (κ2) is 8.44. The molecule has 0 radical (unpaired) electrons. The Kier molecular flexibility index (Phi) is 6.30. The normalized spacial score (nSPS) is 17.9. The zero-order chi connectivity index (χ0) is 16.7. The Balaban J connectivity index is 1.80. The number of benzene rings is 1. The van der Waals surface area contributed by atoms with Gasteiger partial charge in [0.25, 0.3) is 5.69 Å².